The number of hydrogen-bond donors (Lipinski definition) is 1. The van der Waals surface area contributed by atoms with Gasteiger partial charge in [0.25, 0.3) is 5.56 Å². The molecule has 28 heavy (non-hydrogen) atoms. The maximum atomic E-state index is 12.7. The number of nitrogens with zero attached hydrogens (tertiary/aromatic N) is 5. The second kappa shape index (κ2) is 7.42. The first-order valence-electron chi connectivity index (χ1n) is 8.43. The van der Waals surface area contributed by atoms with Crippen molar-refractivity contribution in [1.82, 2.24) is 20.0 Å². The van der Waals surface area contributed by atoms with Gasteiger partial charge in [-0.25, -0.2) is 0 Å². The molecule has 0 amide bonds. The Bertz CT molecular complexity index is 1230. The number of nitrogens with one attached hydrogen (secondary N) is 1. The average molecular weight is 386 g/mol. The van der Waals surface area contributed by atoms with Gasteiger partial charge in [0.05, 0.1) is 5.69 Å². The number of benzene rings is 2. The Hall–Kier alpha value is -3.83. The first-order valence-corrected chi connectivity index (χ1v) is 9.24. The Morgan fingerprint density at radius 2 is 1.71 bits per heavy atom. The smallest absolute Gasteiger partial charge is 0.289 e. The van der Waals surface area contributed by atoms with E-state index in [1.807, 2.05) is 54.6 Å². The van der Waals surface area contributed by atoms with Crippen LogP contribution >= 0.6 is 11.3 Å². The van der Waals surface area contributed by atoms with E-state index < -0.39 is 5.56 Å². The van der Waals surface area contributed by atoms with E-state index in [9.17, 15) is 10.1 Å². The van der Waals surface area contributed by atoms with Crippen LogP contribution in [0.3, 0.4) is 0 Å². The lowest BCUT2D eigenvalue weighted by Gasteiger charge is -2.09. The average Bonchev–Trinajstić information content (AvgIpc) is 3.18. The third-order valence-corrected chi connectivity index (χ3v) is 4.95. The van der Waals surface area contributed by atoms with E-state index in [1.165, 1.54) is 16.0 Å². The van der Waals surface area contributed by atoms with Crippen LogP contribution in [0.1, 0.15) is 11.1 Å². The van der Waals surface area contributed by atoms with Crippen molar-refractivity contribution < 1.29 is 0 Å². The van der Waals surface area contributed by atoms with Crippen LogP contribution in [-0.2, 0) is 0 Å². The lowest BCUT2D eigenvalue weighted by Crippen LogP contribution is -2.25. The van der Waals surface area contributed by atoms with E-state index in [4.69, 9.17) is 0 Å². The van der Waals surface area contributed by atoms with Gasteiger partial charge in [-0.05, 0) is 31.2 Å². The first-order chi connectivity index (χ1) is 13.7. The fourth-order valence-corrected chi connectivity index (χ4v) is 3.50. The van der Waals surface area contributed by atoms with Gasteiger partial charge in [-0.1, -0.05) is 47.7 Å². The minimum atomic E-state index is -0.456. The van der Waals surface area contributed by atoms with Gasteiger partial charge in [-0.2, -0.15) is 15.0 Å². The third-order valence-electron chi connectivity index (χ3n) is 4.10. The zero-order valence-electron chi connectivity index (χ0n) is 14.8. The number of nitriles is 1. The molecule has 0 aliphatic rings. The molecule has 2 aromatic carbocycles. The Labute approximate surface area is 164 Å². The van der Waals surface area contributed by atoms with Crippen LogP contribution in [0.4, 0.5) is 10.8 Å². The van der Waals surface area contributed by atoms with Crippen molar-refractivity contribution >= 4 is 22.2 Å². The van der Waals surface area contributed by atoms with Crippen LogP contribution in [-0.4, -0.2) is 20.0 Å². The number of hydrogen-bond acceptors (Lipinski definition) is 7. The summed E-state index contributed by atoms with van der Waals surface area (Å²) in [6, 6.07) is 20.6. The number of rotatable bonds is 4. The Morgan fingerprint density at radius 1 is 1.04 bits per heavy atom. The predicted molar refractivity (Wildman–Crippen MR) is 108 cm³/mol. The van der Waals surface area contributed by atoms with E-state index >= 15 is 0 Å². The van der Waals surface area contributed by atoms with Gasteiger partial charge in [0.2, 0.25) is 5.13 Å². The second-order valence-corrected chi connectivity index (χ2v) is 6.89. The van der Waals surface area contributed by atoms with E-state index in [-0.39, 0.29) is 5.56 Å². The van der Waals surface area contributed by atoms with Crippen LogP contribution in [0.15, 0.2) is 65.5 Å². The minimum absolute atomic E-state index is 0.0432. The summed E-state index contributed by atoms with van der Waals surface area (Å²) in [6.07, 6.45) is 0. The molecule has 7 nitrogen and oxygen atoms in total. The molecule has 0 saturated carbocycles. The topological polar surface area (TPSA) is 96.5 Å². The van der Waals surface area contributed by atoms with Gasteiger partial charge in [-0.3, -0.25) is 4.79 Å². The number of para-hydroxylation sites is 2. The molecule has 2 heterocycles. The van der Waals surface area contributed by atoms with Crippen molar-refractivity contribution in [1.29, 1.82) is 5.26 Å². The molecule has 4 aromatic rings. The molecule has 136 valence electrons. The molecule has 8 heteroatoms. The predicted octanol–water partition coefficient (Wildman–Crippen LogP) is 3.67. The number of aromatic nitrogens is 4. The molecule has 0 bridgehead atoms. The van der Waals surface area contributed by atoms with Gasteiger partial charge in [0.1, 0.15) is 17.3 Å². The second-order valence-electron chi connectivity index (χ2n) is 5.92. The quantitative estimate of drug-likeness (QED) is 0.575. The molecule has 0 aliphatic carbocycles. The summed E-state index contributed by atoms with van der Waals surface area (Å²) in [4.78, 5) is 12.7. The summed E-state index contributed by atoms with van der Waals surface area (Å²) in [7, 11) is 0. The Morgan fingerprint density at radius 3 is 2.39 bits per heavy atom. The molecule has 0 radical (unpaired) electrons. The van der Waals surface area contributed by atoms with E-state index in [0.29, 0.717) is 27.1 Å². The highest BCUT2D eigenvalue weighted by Gasteiger charge is 2.19. The zero-order valence-corrected chi connectivity index (χ0v) is 15.6. The molecule has 0 spiro atoms. The van der Waals surface area contributed by atoms with Crippen LogP contribution < -0.4 is 10.9 Å². The van der Waals surface area contributed by atoms with Crippen molar-refractivity contribution in [2.45, 2.75) is 6.92 Å². The SMILES string of the molecule is Cc1c(-c2nnc(Nc3ccccc3)s2)nn(-c2ccccc2)c(=O)c1C#N. The third kappa shape index (κ3) is 3.26. The van der Waals surface area contributed by atoms with Crippen LogP contribution in [0.2, 0.25) is 0 Å². The van der Waals surface area contributed by atoms with Crippen LogP contribution in [0.5, 0.6) is 0 Å². The summed E-state index contributed by atoms with van der Waals surface area (Å²) in [5.41, 5.74) is 2.00. The monoisotopic (exact) mass is 386 g/mol. The molecule has 0 unspecified atom stereocenters. The van der Waals surface area contributed by atoms with E-state index in [2.05, 4.69) is 20.6 Å². The molecule has 0 aliphatic heterocycles. The van der Waals surface area contributed by atoms with E-state index in [1.54, 1.807) is 19.1 Å². The van der Waals surface area contributed by atoms with Gasteiger partial charge in [0.15, 0.2) is 5.01 Å². The Balaban J connectivity index is 1.80. The lowest BCUT2D eigenvalue weighted by molar-refractivity contribution is 0.800. The van der Waals surface area contributed by atoms with Crippen molar-refractivity contribution in [3.63, 3.8) is 0 Å². The summed E-state index contributed by atoms with van der Waals surface area (Å²) >= 11 is 1.30. The maximum absolute atomic E-state index is 12.7. The molecule has 0 fully saturated rings. The summed E-state index contributed by atoms with van der Waals surface area (Å²) < 4.78 is 1.23. The highest BCUT2D eigenvalue weighted by atomic mass is 32.1. The first kappa shape index (κ1) is 17.6. The molecular weight excluding hydrogens is 372 g/mol. The molecule has 0 atom stereocenters. The fourth-order valence-electron chi connectivity index (χ4n) is 2.70. The molecule has 4 rings (SSSR count). The molecule has 0 saturated heterocycles. The fraction of sp³-hybridized carbons (Fsp3) is 0.0500. The van der Waals surface area contributed by atoms with Crippen molar-refractivity contribution in [3.05, 3.63) is 82.1 Å². The summed E-state index contributed by atoms with van der Waals surface area (Å²) in [5, 5.41) is 26.6. The largest absolute Gasteiger partial charge is 0.330 e. The highest BCUT2D eigenvalue weighted by Crippen LogP contribution is 2.29. The van der Waals surface area contributed by atoms with E-state index in [0.717, 1.165) is 5.69 Å². The van der Waals surface area contributed by atoms with Gasteiger partial charge >= 0.3 is 0 Å². The highest BCUT2D eigenvalue weighted by molar-refractivity contribution is 7.18. The normalized spacial score (nSPS) is 10.4. The molecule has 2 aromatic heterocycles. The number of anilines is 2. The van der Waals surface area contributed by atoms with Gasteiger partial charge in [0, 0.05) is 11.3 Å². The molecule has 1 N–H and O–H groups in total. The summed E-state index contributed by atoms with van der Waals surface area (Å²) in [5.74, 6) is 0. The lowest BCUT2D eigenvalue weighted by atomic mass is 10.1. The van der Waals surface area contributed by atoms with Crippen molar-refractivity contribution in [2.75, 3.05) is 5.32 Å². The maximum Gasteiger partial charge on any atom is 0.289 e. The standard InChI is InChI=1S/C20H14N6OS/c1-13-16(12-21)19(27)26(15-10-6-3-7-11-15)25-17(13)18-23-24-20(28-18)22-14-8-4-2-5-9-14/h2-11H,1H3,(H,22,24). The Kier molecular flexibility index (Phi) is 4.66. The van der Waals surface area contributed by atoms with Gasteiger partial charge < -0.3 is 5.32 Å². The van der Waals surface area contributed by atoms with Crippen molar-refractivity contribution in [3.8, 4) is 22.5 Å². The van der Waals surface area contributed by atoms with Crippen molar-refractivity contribution in [2.24, 2.45) is 0 Å². The van der Waals surface area contributed by atoms with Crippen LogP contribution in [0.25, 0.3) is 16.4 Å². The summed E-state index contributed by atoms with van der Waals surface area (Å²) in [6.45, 7) is 1.70. The molecular formula is C20H14N6OS. The zero-order chi connectivity index (χ0) is 19.5. The van der Waals surface area contributed by atoms with Crippen LogP contribution in [0, 0.1) is 18.3 Å². The minimum Gasteiger partial charge on any atom is -0.330 e. The van der Waals surface area contributed by atoms with Gasteiger partial charge in [-0.15, -0.1) is 10.2 Å².